The Bertz CT molecular complexity index is 209. The Labute approximate surface area is 91.2 Å². The fraction of sp³-hybridized carbons (Fsp3) is 0.900. The molecule has 1 atom stereocenters. The molecule has 0 aromatic rings. The summed E-state index contributed by atoms with van der Waals surface area (Å²) >= 11 is 0. The lowest BCUT2D eigenvalue weighted by atomic mass is 10.1. The van der Waals surface area contributed by atoms with Gasteiger partial charge in [0.2, 0.25) is 0 Å². The zero-order valence-corrected chi connectivity index (χ0v) is 9.61. The van der Waals surface area contributed by atoms with E-state index in [9.17, 15) is 4.79 Å². The molecule has 0 spiro atoms. The average molecular weight is 215 g/mol. The van der Waals surface area contributed by atoms with Crippen molar-refractivity contribution in [3.05, 3.63) is 0 Å². The minimum absolute atomic E-state index is 0.0260. The second-order valence-corrected chi connectivity index (χ2v) is 4.16. The first-order valence-corrected chi connectivity index (χ1v) is 5.44. The second kappa shape index (κ2) is 5.92. The summed E-state index contributed by atoms with van der Waals surface area (Å²) < 4.78 is 5.26. The van der Waals surface area contributed by atoms with Crippen LogP contribution in [0, 0.1) is 0 Å². The van der Waals surface area contributed by atoms with E-state index in [0.717, 1.165) is 32.5 Å². The molecule has 1 saturated heterocycles. The van der Waals surface area contributed by atoms with Crippen molar-refractivity contribution in [2.45, 2.75) is 18.9 Å². The van der Waals surface area contributed by atoms with Gasteiger partial charge in [-0.2, -0.15) is 0 Å². The number of carbonyl (C=O) groups is 1. The van der Waals surface area contributed by atoms with E-state index in [-0.39, 0.29) is 12.2 Å². The molecule has 15 heavy (non-hydrogen) atoms. The number of ether oxygens (including phenoxy) is 1. The molecule has 0 saturated carbocycles. The molecular weight excluding hydrogens is 194 g/mol. The third kappa shape index (κ3) is 4.05. The normalized spacial score (nSPS) is 22.0. The molecule has 0 aromatic carbocycles. The molecule has 1 heterocycles. The number of amides is 1. The molecule has 2 N–H and O–H groups in total. The van der Waals surface area contributed by atoms with Crippen LogP contribution in [-0.2, 0) is 4.74 Å². The van der Waals surface area contributed by atoms with E-state index in [1.807, 2.05) is 14.1 Å². The summed E-state index contributed by atoms with van der Waals surface area (Å²) in [6, 6.07) is 0. The predicted octanol–water partition coefficient (Wildman–Crippen LogP) is 0.108. The van der Waals surface area contributed by atoms with Gasteiger partial charge in [-0.1, -0.05) is 0 Å². The van der Waals surface area contributed by atoms with Crippen LogP contribution in [0.4, 0.5) is 4.79 Å². The van der Waals surface area contributed by atoms with E-state index >= 15 is 0 Å². The van der Waals surface area contributed by atoms with Crippen LogP contribution in [0.5, 0.6) is 0 Å². The third-order valence-corrected chi connectivity index (χ3v) is 2.55. The van der Waals surface area contributed by atoms with Crippen molar-refractivity contribution in [2.24, 2.45) is 5.73 Å². The number of likely N-dealkylation sites (N-methyl/N-ethyl adjacent to an activating group) is 1. The zero-order valence-electron chi connectivity index (χ0n) is 9.61. The highest BCUT2D eigenvalue weighted by molar-refractivity contribution is 5.68. The van der Waals surface area contributed by atoms with Crippen molar-refractivity contribution in [1.29, 1.82) is 0 Å². The van der Waals surface area contributed by atoms with Gasteiger partial charge in [-0.25, -0.2) is 4.79 Å². The van der Waals surface area contributed by atoms with Gasteiger partial charge < -0.3 is 20.3 Å². The van der Waals surface area contributed by atoms with E-state index < -0.39 is 0 Å². The highest BCUT2D eigenvalue weighted by atomic mass is 16.6. The lowest BCUT2D eigenvalue weighted by Crippen LogP contribution is -2.45. The van der Waals surface area contributed by atoms with Crippen molar-refractivity contribution in [2.75, 3.05) is 40.3 Å². The SMILES string of the molecule is CN(C)CCN1CCC(CCN)OC1=O. The summed E-state index contributed by atoms with van der Waals surface area (Å²) in [6.07, 6.45) is 1.50. The van der Waals surface area contributed by atoms with Crippen LogP contribution in [0.3, 0.4) is 0 Å². The topological polar surface area (TPSA) is 58.8 Å². The quantitative estimate of drug-likeness (QED) is 0.707. The molecule has 88 valence electrons. The van der Waals surface area contributed by atoms with E-state index in [0.29, 0.717) is 6.54 Å². The molecule has 1 amide bonds. The van der Waals surface area contributed by atoms with Crippen molar-refractivity contribution < 1.29 is 9.53 Å². The Kier molecular flexibility index (Phi) is 4.84. The van der Waals surface area contributed by atoms with Crippen molar-refractivity contribution in [3.8, 4) is 0 Å². The van der Waals surface area contributed by atoms with Gasteiger partial charge in [0, 0.05) is 26.1 Å². The van der Waals surface area contributed by atoms with E-state index in [2.05, 4.69) is 4.90 Å². The van der Waals surface area contributed by atoms with Crippen LogP contribution in [0.25, 0.3) is 0 Å². The number of hydrogen-bond donors (Lipinski definition) is 1. The van der Waals surface area contributed by atoms with E-state index in [4.69, 9.17) is 10.5 Å². The number of hydrogen-bond acceptors (Lipinski definition) is 4. The summed E-state index contributed by atoms with van der Waals surface area (Å²) in [5, 5.41) is 0. The van der Waals surface area contributed by atoms with Crippen LogP contribution in [0.2, 0.25) is 0 Å². The number of nitrogens with zero attached hydrogens (tertiary/aromatic N) is 2. The minimum atomic E-state index is -0.193. The van der Waals surface area contributed by atoms with Crippen molar-refractivity contribution in [1.82, 2.24) is 9.80 Å². The predicted molar refractivity (Wildman–Crippen MR) is 58.7 cm³/mol. The van der Waals surface area contributed by atoms with Gasteiger partial charge in [-0.05, 0) is 27.1 Å². The monoisotopic (exact) mass is 215 g/mol. The average Bonchev–Trinajstić information content (AvgIpc) is 2.17. The van der Waals surface area contributed by atoms with Gasteiger partial charge in [-0.15, -0.1) is 0 Å². The van der Waals surface area contributed by atoms with E-state index in [1.54, 1.807) is 4.90 Å². The molecule has 5 nitrogen and oxygen atoms in total. The maximum absolute atomic E-state index is 11.5. The molecule has 5 heteroatoms. The van der Waals surface area contributed by atoms with Gasteiger partial charge in [0.1, 0.15) is 6.10 Å². The Morgan fingerprint density at radius 1 is 1.60 bits per heavy atom. The summed E-state index contributed by atoms with van der Waals surface area (Å²) in [7, 11) is 3.99. The first-order valence-electron chi connectivity index (χ1n) is 5.44. The standard InChI is InChI=1S/C10H21N3O2/c1-12(2)7-8-13-6-4-9(3-5-11)15-10(13)14/h9H,3-8,11H2,1-2H3. The lowest BCUT2D eigenvalue weighted by molar-refractivity contribution is 0.0212. The molecule has 1 aliphatic heterocycles. The third-order valence-electron chi connectivity index (χ3n) is 2.55. The highest BCUT2D eigenvalue weighted by Crippen LogP contribution is 2.13. The maximum Gasteiger partial charge on any atom is 0.410 e. The fourth-order valence-corrected chi connectivity index (χ4v) is 1.58. The van der Waals surface area contributed by atoms with Crippen LogP contribution < -0.4 is 5.73 Å². The molecule has 1 unspecified atom stereocenters. The van der Waals surface area contributed by atoms with Gasteiger partial charge in [-0.3, -0.25) is 0 Å². The fourth-order valence-electron chi connectivity index (χ4n) is 1.58. The van der Waals surface area contributed by atoms with Crippen LogP contribution >= 0.6 is 0 Å². The molecular formula is C10H21N3O2. The van der Waals surface area contributed by atoms with Crippen molar-refractivity contribution >= 4 is 6.09 Å². The maximum atomic E-state index is 11.5. The Balaban J connectivity index is 2.29. The summed E-state index contributed by atoms with van der Waals surface area (Å²) in [4.78, 5) is 15.3. The van der Waals surface area contributed by atoms with Crippen molar-refractivity contribution in [3.63, 3.8) is 0 Å². The first kappa shape index (κ1) is 12.3. The van der Waals surface area contributed by atoms with Gasteiger partial charge in [0.15, 0.2) is 0 Å². The Morgan fingerprint density at radius 2 is 2.33 bits per heavy atom. The minimum Gasteiger partial charge on any atom is -0.446 e. The number of cyclic esters (lactones) is 1. The highest BCUT2D eigenvalue weighted by Gasteiger charge is 2.25. The molecule has 1 fully saturated rings. The molecule has 0 aromatic heterocycles. The van der Waals surface area contributed by atoms with Crippen LogP contribution in [-0.4, -0.2) is 62.3 Å². The Morgan fingerprint density at radius 3 is 2.87 bits per heavy atom. The zero-order chi connectivity index (χ0) is 11.3. The van der Waals surface area contributed by atoms with Crippen LogP contribution in [0.15, 0.2) is 0 Å². The second-order valence-electron chi connectivity index (χ2n) is 4.16. The molecule has 1 aliphatic rings. The summed E-state index contributed by atoms with van der Waals surface area (Å²) in [5.74, 6) is 0. The number of carbonyl (C=O) groups excluding carboxylic acids is 1. The molecule has 0 bridgehead atoms. The Hall–Kier alpha value is -0.810. The number of nitrogens with two attached hydrogens (primary N) is 1. The number of rotatable bonds is 5. The lowest BCUT2D eigenvalue weighted by Gasteiger charge is -2.32. The van der Waals surface area contributed by atoms with E-state index in [1.165, 1.54) is 0 Å². The molecule has 1 rings (SSSR count). The summed E-state index contributed by atoms with van der Waals surface area (Å²) in [5.41, 5.74) is 5.43. The summed E-state index contributed by atoms with van der Waals surface area (Å²) in [6.45, 7) is 2.98. The van der Waals surface area contributed by atoms with Gasteiger partial charge in [0.05, 0.1) is 0 Å². The molecule has 0 aliphatic carbocycles. The molecule has 0 radical (unpaired) electrons. The first-order chi connectivity index (χ1) is 7.13. The largest absolute Gasteiger partial charge is 0.446 e. The van der Waals surface area contributed by atoms with Gasteiger partial charge >= 0.3 is 6.09 Å². The van der Waals surface area contributed by atoms with Crippen LogP contribution in [0.1, 0.15) is 12.8 Å². The smallest absolute Gasteiger partial charge is 0.410 e. The van der Waals surface area contributed by atoms with Gasteiger partial charge in [0.25, 0.3) is 0 Å².